The van der Waals surface area contributed by atoms with Gasteiger partial charge in [0.2, 0.25) is 6.79 Å². The van der Waals surface area contributed by atoms with Gasteiger partial charge in [-0.2, -0.15) is 0 Å². The van der Waals surface area contributed by atoms with Crippen LogP contribution >= 0.6 is 0 Å². The van der Waals surface area contributed by atoms with Crippen LogP contribution in [0, 0.1) is 5.92 Å². The first-order valence-electron chi connectivity index (χ1n) is 6.20. The summed E-state index contributed by atoms with van der Waals surface area (Å²) in [7, 11) is 0. The Morgan fingerprint density at radius 1 is 1.32 bits per heavy atom. The minimum absolute atomic E-state index is 0.224. The molecule has 1 aliphatic rings. The van der Waals surface area contributed by atoms with Crippen molar-refractivity contribution >= 4 is 11.7 Å². The number of carbonyl (C=O) groups is 1. The van der Waals surface area contributed by atoms with Crippen molar-refractivity contribution in [2.24, 2.45) is 5.92 Å². The summed E-state index contributed by atoms with van der Waals surface area (Å²) in [4.78, 5) is 11.7. The molecule has 0 atom stereocenters. The molecule has 19 heavy (non-hydrogen) atoms. The van der Waals surface area contributed by atoms with Gasteiger partial charge >= 0.3 is 6.03 Å². The highest BCUT2D eigenvalue weighted by atomic mass is 16.7. The summed E-state index contributed by atoms with van der Waals surface area (Å²) in [6.07, 6.45) is 1.72. The van der Waals surface area contributed by atoms with E-state index in [4.69, 9.17) is 9.47 Å². The van der Waals surface area contributed by atoms with E-state index in [-0.39, 0.29) is 12.8 Å². The molecule has 5 nitrogen and oxygen atoms in total. The maximum atomic E-state index is 11.7. The molecule has 2 N–H and O–H groups in total. The van der Waals surface area contributed by atoms with Crippen molar-refractivity contribution in [2.75, 3.05) is 12.1 Å². The lowest BCUT2D eigenvalue weighted by Gasteiger charge is -2.08. The standard InChI is InChI=1S/C14H18N2O3/c1-9(2)10(3)7-15-14(17)16-11-4-5-12-13(6-11)19-8-18-12/h4-7,9H,8H2,1-3H3,(H2,15,16,17)/b10-7+. The van der Waals surface area contributed by atoms with Crippen LogP contribution in [0.4, 0.5) is 10.5 Å². The predicted octanol–water partition coefficient (Wildman–Crippen LogP) is 3.10. The number of rotatable bonds is 3. The molecule has 5 heteroatoms. The van der Waals surface area contributed by atoms with Gasteiger partial charge < -0.3 is 20.1 Å². The number of anilines is 1. The van der Waals surface area contributed by atoms with Crippen molar-refractivity contribution in [3.05, 3.63) is 30.0 Å². The average Bonchev–Trinajstić information content (AvgIpc) is 2.83. The number of ether oxygens (including phenoxy) is 2. The van der Waals surface area contributed by atoms with Crippen molar-refractivity contribution in [1.29, 1.82) is 0 Å². The molecule has 102 valence electrons. The Balaban J connectivity index is 1.94. The van der Waals surface area contributed by atoms with Crippen LogP contribution in [0.3, 0.4) is 0 Å². The maximum absolute atomic E-state index is 11.7. The number of allylic oxidation sites excluding steroid dienone is 1. The monoisotopic (exact) mass is 262 g/mol. The molecule has 2 amide bonds. The fraction of sp³-hybridized carbons (Fsp3) is 0.357. The van der Waals surface area contributed by atoms with Crippen molar-refractivity contribution in [1.82, 2.24) is 5.32 Å². The lowest BCUT2D eigenvalue weighted by molar-refractivity contribution is 0.174. The molecule has 0 radical (unpaired) electrons. The SMILES string of the molecule is C/C(=C\NC(=O)Nc1ccc2c(c1)OCO2)C(C)C. The lowest BCUT2D eigenvalue weighted by Crippen LogP contribution is -2.24. The first-order valence-corrected chi connectivity index (χ1v) is 6.20. The second-order valence-corrected chi connectivity index (χ2v) is 4.71. The first-order chi connectivity index (χ1) is 9.06. The summed E-state index contributed by atoms with van der Waals surface area (Å²) in [6, 6.07) is 5.00. The third kappa shape index (κ3) is 3.40. The summed E-state index contributed by atoms with van der Waals surface area (Å²) in [5, 5.41) is 5.43. The van der Waals surface area contributed by atoms with Gasteiger partial charge in [-0.25, -0.2) is 4.79 Å². The zero-order chi connectivity index (χ0) is 13.8. The molecular formula is C14H18N2O3. The number of fused-ring (bicyclic) bond motifs is 1. The van der Waals surface area contributed by atoms with Crippen molar-refractivity contribution < 1.29 is 14.3 Å². The largest absolute Gasteiger partial charge is 0.454 e. The van der Waals surface area contributed by atoms with E-state index in [0.29, 0.717) is 23.1 Å². The number of nitrogens with one attached hydrogen (secondary N) is 2. The van der Waals surface area contributed by atoms with Gasteiger partial charge in [-0.3, -0.25) is 0 Å². The van der Waals surface area contributed by atoms with E-state index in [1.165, 1.54) is 0 Å². The Hall–Kier alpha value is -2.17. The van der Waals surface area contributed by atoms with Gasteiger partial charge in [0.1, 0.15) is 0 Å². The van der Waals surface area contributed by atoms with Crippen LogP contribution in [0.15, 0.2) is 30.0 Å². The predicted molar refractivity (Wildman–Crippen MR) is 73.3 cm³/mol. The molecule has 1 aromatic rings. The lowest BCUT2D eigenvalue weighted by atomic mass is 10.1. The van der Waals surface area contributed by atoms with E-state index in [9.17, 15) is 4.79 Å². The second-order valence-electron chi connectivity index (χ2n) is 4.71. The van der Waals surface area contributed by atoms with Gasteiger partial charge in [0.05, 0.1) is 0 Å². The van der Waals surface area contributed by atoms with E-state index in [1.807, 2.05) is 6.92 Å². The van der Waals surface area contributed by atoms with Crippen LogP contribution < -0.4 is 20.1 Å². The van der Waals surface area contributed by atoms with Crippen molar-refractivity contribution in [2.45, 2.75) is 20.8 Å². The van der Waals surface area contributed by atoms with Crippen LogP contribution in [-0.2, 0) is 0 Å². The molecule has 1 heterocycles. The Kier molecular flexibility index (Phi) is 3.94. The Morgan fingerprint density at radius 2 is 2.05 bits per heavy atom. The quantitative estimate of drug-likeness (QED) is 0.880. The molecule has 1 aromatic carbocycles. The van der Waals surface area contributed by atoms with E-state index in [0.717, 1.165) is 5.57 Å². The summed E-state index contributed by atoms with van der Waals surface area (Å²) < 4.78 is 10.4. The number of urea groups is 1. The van der Waals surface area contributed by atoms with E-state index in [2.05, 4.69) is 24.5 Å². The first kappa shape index (κ1) is 13.3. The molecule has 0 saturated heterocycles. The van der Waals surface area contributed by atoms with Crippen LogP contribution in [-0.4, -0.2) is 12.8 Å². The molecule has 0 unspecified atom stereocenters. The molecule has 0 spiro atoms. The minimum Gasteiger partial charge on any atom is -0.454 e. The highest BCUT2D eigenvalue weighted by molar-refractivity contribution is 5.90. The third-order valence-corrected chi connectivity index (χ3v) is 2.97. The summed E-state index contributed by atoms with van der Waals surface area (Å²) in [5.74, 6) is 1.75. The van der Waals surface area contributed by atoms with Gasteiger partial charge in [0.25, 0.3) is 0 Å². The number of hydrogen-bond donors (Lipinski definition) is 2. The highest BCUT2D eigenvalue weighted by Crippen LogP contribution is 2.34. The van der Waals surface area contributed by atoms with Gasteiger partial charge in [-0.1, -0.05) is 19.4 Å². The number of hydrogen-bond acceptors (Lipinski definition) is 3. The van der Waals surface area contributed by atoms with E-state index >= 15 is 0 Å². The normalized spacial score (nSPS) is 13.6. The number of carbonyl (C=O) groups excluding carboxylic acids is 1. The molecule has 0 aliphatic carbocycles. The average molecular weight is 262 g/mol. The van der Waals surface area contributed by atoms with Crippen LogP contribution in [0.2, 0.25) is 0 Å². The smallest absolute Gasteiger partial charge is 0.323 e. The Bertz CT molecular complexity index is 509. The molecule has 0 bridgehead atoms. The van der Waals surface area contributed by atoms with E-state index < -0.39 is 0 Å². The fourth-order valence-corrected chi connectivity index (χ4v) is 1.49. The van der Waals surface area contributed by atoms with Gasteiger partial charge in [0, 0.05) is 18.0 Å². The van der Waals surface area contributed by atoms with E-state index in [1.54, 1.807) is 24.4 Å². The fourth-order valence-electron chi connectivity index (χ4n) is 1.49. The van der Waals surface area contributed by atoms with Gasteiger partial charge in [0.15, 0.2) is 11.5 Å². The van der Waals surface area contributed by atoms with Crippen LogP contribution in [0.1, 0.15) is 20.8 Å². The molecule has 2 rings (SSSR count). The molecule has 1 aliphatic heterocycles. The molecule has 0 fully saturated rings. The molecular weight excluding hydrogens is 244 g/mol. The summed E-state index contributed by atoms with van der Waals surface area (Å²) >= 11 is 0. The third-order valence-electron chi connectivity index (χ3n) is 2.97. The topological polar surface area (TPSA) is 59.6 Å². The van der Waals surface area contributed by atoms with Gasteiger partial charge in [-0.15, -0.1) is 0 Å². The van der Waals surface area contributed by atoms with Crippen LogP contribution in [0.25, 0.3) is 0 Å². The zero-order valence-electron chi connectivity index (χ0n) is 11.3. The number of benzene rings is 1. The maximum Gasteiger partial charge on any atom is 0.323 e. The highest BCUT2D eigenvalue weighted by Gasteiger charge is 2.13. The number of amides is 2. The Morgan fingerprint density at radius 3 is 2.79 bits per heavy atom. The van der Waals surface area contributed by atoms with Gasteiger partial charge in [-0.05, 0) is 25.0 Å². The Labute approximate surface area is 112 Å². The van der Waals surface area contributed by atoms with Crippen LogP contribution in [0.5, 0.6) is 11.5 Å². The minimum atomic E-state index is -0.279. The second kappa shape index (κ2) is 5.65. The summed E-state index contributed by atoms with van der Waals surface area (Å²) in [6.45, 7) is 6.35. The van der Waals surface area contributed by atoms with Crippen molar-refractivity contribution in [3.8, 4) is 11.5 Å². The molecule has 0 saturated carbocycles. The van der Waals surface area contributed by atoms with Crippen molar-refractivity contribution in [3.63, 3.8) is 0 Å². The molecule has 0 aromatic heterocycles. The zero-order valence-corrected chi connectivity index (χ0v) is 11.3. The summed E-state index contributed by atoms with van der Waals surface area (Å²) in [5.41, 5.74) is 1.78.